The minimum Gasteiger partial charge on any atom is -0.435 e. The average Bonchev–Trinajstić information content (AvgIpc) is 2.68. The van der Waals surface area contributed by atoms with Crippen LogP contribution in [-0.2, 0) is 19.0 Å². The van der Waals surface area contributed by atoms with E-state index in [2.05, 4.69) is 0 Å². The maximum Gasteiger partial charge on any atom is 0.511 e. The van der Waals surface area contributed by atoms with Crippen LogP contribution < -0.4 is 0 Å². The van der Waals surface area contributed by atoms with Gasteiger partial charge in [-0.2, -0.15) is 0 Å². The minimum absolute atomic E-state index is 0.0375. The molecule has 0 radical (unpaired) electrons. The first-order valence-electron chi connectivity index (χ1n) is 5.77. The SMILES string of the molecule is CCOC(=O)OC12C=CC(O1)C(C)C(=O)C2C. The molecule has 5 nitrogen and oxygen atoms in total. The van der Waals surface area contributed by atoms with Crippen molar-refractivity contribution < 1.29 is 23.8 Å². The van der Waals surface area contributed by atoms with Crippen LogP contribution in [0.5, 0.6) is 0 Å². The van der Waals surface area contributed by atoms with Gasteiger partial charge in [-0.15, -0.1) is 0 Å². The molecule has 2 rings (SSSR count). The fourth-order valence-electron chi connectivity index (χ4n) is 2.21. The zero-order valence-electron chi connectivity index (χ0n) is 10.1. The van der Waals surface area contributed by atoms with Gasteiger partial charge in [-0.1, -0.05) is 13.0 Å². The fraction of sp³-hybridized carbons (Fsp3) is 0.667. The second-order valence-corrected chi connectivity index (χ2v) is 4.36. The van der Waals surface area contributed by atoms with Crippen molar-refractivity contribution in [1.82, 2.24) is 0 Å². The molecule has 0 aromatic rings. The number of hydrogen-bond donors (Lipinski definition) is 0. The summed E-state index contributed by atoms with van der Waals surface area (Å²) in [5.41, 5.74) is 0. The Kier molecular flexibility index (Phi) is 2.95. The van der Waals surface area contributed by atoms with Crippen LogP contribution in [0.3, 0.4) is 0 Å². The highest BCUT2D eigenvalue weighted by Gasteiger charge is 2.55. The highest BCUT2D eigenvalue weighted by Crippen LogP contribution is 2.42. The summed E-state index contributed by atoms with van der Waals surface area (Å²) in [6.45, 7) is 5.42. The maximum atomic E-state index is 12.0. The van der Waals surface area contributed by atoms with E-state index in [-0.39, 0.29) is 24.4 Å². The molecule has 2 bridgehead atoms. The number of carbonyl (C=O) groups is 2. The molecular formula is C12H16O5. The lowest BCUT2D eigenvalue weighted by atomic mass is 9.86. The van der Waals surface area contributed by atoms with Crippen LogP contribution in [0.1, 0.15) is 20.8 Å². The highest BCUT2D eigenvalue weighted by molar-refractivity contribution is 5.86. The monoisotopic (exact) mass is 240 g/mol. The molecule has 0 aromatic carbocycles. The van der Waals surface area contributed by atoms with Crippen LogP contribution in [0.4, 0.5) is 4.79 Å². The summed E-state index contributed by atoms with van der Waals surface area (Å²) in [4.78, 5) is 23.3. The molecule has 0 spiro atoms. The molecule has 94 valence electrons. The van der Waals surface area contributed by atoms with Crippen molar-refractivity contribution in [1.29, 1.82) is 0 Å². The Hall–Kier alpha value is -1.36. The van der Waals surface area contributed by atoms with Crippen LogP contribution >= 0.6 is 0 Å². The van der Waals surface area contributed by atoms with Crippen molar-refractivity contribution in [3.63, 3.8) is 0 Å². The Labute approximate surface area is 99.7 Å². The minimum atomic E-state index is -1.28. The van der Waals surface area contributed by atoms with Gasteiger partial charge in [0, 0.05) is 5.92 Å². The molecule has 0 saturated carbocycles. The summed E-state index contributed by atoms with van der Waals surface area (Å²) in [7, 11) is 0. The van der Waals surface area contributed by atoms with Gasteiger partial charge in [-0.3, -0.25) is 4.79 Å². The first-order valence-corrected chi connectivity index (χ1v) is 5.77. The number of carbonyl (C=O) groups excluding carboxylic acids is 2. The van der Waals surface area contributed by atoms with E-state index in [0.29, 0.717) is 0 Å². The highest BCUT2D eigenvalue weighted by atomic mass is 16.8. The second kappa shape index (κ2) is 4.14. The summed E-state index contributed by atoms with van der Waals surface area (Å²) in [6, 6.07) is 0. The van der Waals surface area contributed by atoms with Gasteiger partial charge < -0.3 is 14.2 Å². The zero-order chi connectivity index (χ0) is 12.6. The van der Waals surface area contributed by atoms with Gasteiger partial charge in [0.05, 0.1) is 18.6 Å². The van der Waals surface area contributed by atoms with Crippen LogP contribution in [-0.4, -0.2) is 30.4 Å². The Bertz CT molecular complexity index is 375. The van der Waals surface area contributed by atoms with E-state index in [1.165, 1.54) is 0 Å². The van der Waals surface area contributed by atoms with E-state index in [1.54, 1.807) is 26.0 Å². The predicted octanol–water partition coefficient (Wildman–Crippen LogP) is 1.67. The molecule has 0 amide bonds. The van der Waals surface area contributed by atoms with Crippen molar-refractivity contribution in [3.05, 3.63) is 12.2 Å². The van der Waals surface area contributed by atoms with E-state index >= 15 is 0 Å². The first-order chi connectivity index (χ1) is 8.00. The molecular weight excluding hydrogens is 224 g/mol. The van der Waals surface area contributed by atoms with Crippen molar-refractivity contribution in [3.8, 4) is 0 Å². The Morgan fingerprint density at radius 3 is 2.88 bits per heavy atom. The normalized spacial score (nSPS) is 39.2. The number of fused-ring (bicyclic) bond motifs is 2. The number of rotatable bonds is 2. The lowest BCUT2D eigenvalue weighted by Gasteiger charge is -2.39. The largest absolute Gasteiger partial charge is 0.511 e. The molecule has 4 atom stereocenters. The Balaban J connectivity index is 2.18. The third-order valence-electron chi connectivity index (χ3n) is 3.32. The van der Waals surface area contributed by atoms with E-state index in [0.717, 1.165) is 0 Å². The standard InChI is InChI=1S/C12H16O5/c1-4-15-11(14)17-12-6-5-9(16-12)7(2)10(13)8(12)3/h5-9H,4H2,1-3H3. The molecule has 0 N–H and O–H groups in total. The summed E-state index contributed by atoms with van der Waals surface area (Å²) in [6.07, 6.45) is 2.28. The van der Waals surface area contributed by atoms with Crippen LogP contribution in [0, 0.1) is 11.8 Å². The molecule has 0 aromatic heterocycles. The third kappa shape index (κ3) is 1.84. The second-order valence-electron chi connectivity index (χ2n) is 4.36. The lowest BCUT2D eigenvalue weighted by molar-refractivity contribution is -0.234. The number of ether oxygens (including phenoxy) is 3. The molecule has 1 fully saturated rings. The first kappa shape index (κ1) is 12.1. The quantitative estimate of drug-likeness (QED) is 0.542. The van der Waals surface area contributed by atoms with Gasteiger partial charge in [-0.25, -0.2) is 4.79 Å². The molecule has 0 aliphatic carbocycles. The predicted molar refractivity (Wildman–Crippen MR) is 58.2 cm³/mol. The lowest BCUT2D eigenvalue weighted by Crippen LogP contribution is -2.52. The summed E-state index contributed by atoms with van der Waals surface area (Å²) < 4.78 is 15.5. The van der Waals surface area contributed by atoms with Crippen LogP contribution in [0.25, 0.3) is 0 Å². The summed E-state index contributed by atoms with van der Waals surface area (Å²) in [5, 5.41) is 0. The molecule has 1 saturated heterocycles. The summed E-state index contributed by atoms with van der Waals surface area (Å²) in [5.74, 6) is -1.96. The van der Waals surface area contributed by atoms with Gasteiger partial charge in [0.2, 0.25) is 5.79 Å². The zero-order valence-corrected chi connectivity index (χ0v) is 10.1. The van der Waals surface area contributed by atoms with Crippen LogP contribution in [0.2, 0.25) is 0 Å². The number of Topliss-reactive ketones (excluding diaryl/α,β-unsaturated/α-hetero) is 1. The van der Waals surface area contributed by atoms with Crippen molar-refractivity contribution in [2.24, 2.45) is 11.8 Å². The van der Waals surface area contributed by atoms with Gasteiger partial charge in [0.1, 0.15) is 5.78 Å². The van der Waals surface area contributed by atoms with Gasteiger partial charge in [0.25, 0.3) is 0 Å². The van der Waals surface area contributed by atoms with E-state index < -0.39 is 17.9 Å². The Morgan fingerprint density at radius 1 is 1.53 bits per heavy atom. The van der Waals surface area contributed by atoms with Crippen molar-refractivity contribution in [2.45, 2.75) is 32.7 Å². The third-order valence-corrected chi connectivity index (χ3v) is 3.32. The Morgan fingerprint density at radius 2 is 2.24 bits per heavy atom. The number of ketones is 1. The smallest absolute Gasteiger partial charge is 0.435 e. The maximum absolute atomic E-state index is 12.0. The topological polar surface area (TPSA) is 61.8 Å². The van der Waals surface area contributed by atoms with E-state index in [4.69, 9.17) is 14.2 Å². The van der Waals surface area contributed by atoms with E-state index in [1.807, 2.05) is 6.92 Å². The summed E-state index contributed by atoms with van der Waals surface area (Å²) >= 11 is 0. The van der Waals surface area contributed by atoms with Gasteiger partial charge >= 0.3 is 6.16 Å². The molecule has 2 aliphatic heterocycles. The van der Waals surface area contributed by atoms with Crippen molar-refractivity contribution >= 4 is 11.9 Å². The van der Waals surface area contributed by atoms with Crippen molar-refractivity contribution in [2.75, 3.05) is 6.61 Å². The molecule has 5 heteroatoms. The van der Waals surface area contributed by atoms with E-state index in [9.17, 15) is 9.59 Å². The number of hydrogen-bond acceptors (Lipinski definition) is 5. The fourth-order valence-corrected chi connectivity index (χ4v) is 2.21. The van der Waals surface area contributed by atoms with Crippen LogP contribution in [0.15, 0.2) is 12.2 Å². The van der Waals surface area contributed by atoms with Gasteiger partial charge in [-0.05, 0) is 19.9 Å². The molecule has 17 heavy (non-hydrogen) atoms. The van der Waals surface area contributed by atoms with Gasteiger partial charge in [0.15, 0.2) is 0 Å². The average molecular weight is 240 g/mol. The molecule has 4 unspecified atom stereocenters. The molecule has 2 aliphatic rings. The molecule has 2 heterocycles.